The van der Waals surface area contributed by atoms with Crippen molar-refractivity contribution >= 4 is 17.6 Å². The van der Waals surface area contributed by atoms with Crippen LogP contribution in [0.3, 0.4) is 0 Å². The lowest BCUT2D eigenvalue weighted by molar-refractivity contribution is -0.566. The lowest BCUT2D eigenvalue weighted by atomic mass is 9.64. The van der Waals surface area contributed by atoms with Gasteiger partial charge in [-0.05, 0) is 17.0 Å². The van der Waals surface area contributed by atoms with Gasteiger partial charge in [-0.1, -0.05) is 42.5 Å². The summed E-state index contributed by atoms with van der Waals surface area (Å²) < 4.78 is 9.71. The van der Waals surface area contributed by atoms with Crippen LogP contribution in [0.25, 0.3) is 0 Å². The first kappa shape index (κ1) is 24.7. The molecule has 0 amide bonds. The van der Waals surface area contributed by atoms with Crippen LogP contribution < -0.4 is 0 Å². The first-order valence-electron chi connectivity index (χ1n) is 10.1. The molecule has 0 aromatic heterocycles. The molecule has 180 valence electrons. The van der Waals surface area contributed by atoms with Crippen molar-refractivity contribution in [3.63, 3.8) is 0 Å². The Morgan fingerprint density at radius 2 is 1.53 bits per heavy atom. The molecule has 1 aliphatic carbocycles. The Labute approximate surface area is 193 Å². The lowest BCUT2D eigenvalue weighted by Gasteiger charge is -2.44. The lowest BCUT2D eigenvalue weighted by Crippen LogP contribution is -2.70. The number of rotatable bonds is 7. The molecule has 0 saturated heterocycles. The van der Waals surface area contributed by atoms with Gasteiger partial charge in [0.15, 0.2) is 0 Å². The Balaban J connectivity index is 2.02. The van der Waals surface area contributed by atoms with Gasteiger partial charge >= 0.3 is 11.9 Å². The minimum atomic E-state index is -2.91. The van der Waals surface area contributed by atoms with E-state index in [0.717, 1.165) is 7.11 Å². The van der Waals surface area contributed by atoms with Gasteiger partial charge in [-0.3, -0.25) is 20.2 Å². The fourth-order valence-electron chi connectivity index (χ4n) is 4.31. The molecular weight excluding hydrogens is 452 g/mol. The molecule has 0 bridgehead atoms. The van der Waals surface area contributed by atoms with Gasteiger partial charge < -0.3 is 19.7 Å². The van der Waals surface area contributed by atoms with Crippen molar-refractivity contribution in [1.29, 1.82) is 0 Å². The third-order valence-corrected chi connectivity index (χ3v) is 5.91. The Hall–Kier alpha value is -3.90. The van der Waals surface area contributed by atoms with E-state index in [1.54, 1.807) is 30.3 Å². The fraction of sp³-hybridized carbons (Fsp3) is 0.364. The van der Waals surface area contributed by atoms with E-state index in [1.807, 2.05) is 0 Å². The summed E-state index contributed by atoms with van der Waals surface area (Å²) in [6.45, 7) is -0.314. The minimum absolute atomic E-state index is 0.233. The molecule has 0 heterocycles. The highest BCUT2D eigenvalue weighted by Crippen LogP contribution is 2.46. The van der Waals surface area contributed by atoms with Crippen LogP contribution in [0.1, 0.15) is 29.9 Å². The number of ether oxygens (including phenoxy) is 2. The van der Waals surface area contributed by atoms with Crippen molar-refractivity contribution in [3.8, 4) is 0 Å². The van der Waals surface area contributed by atoms with E-state index >= 15 is 0 Å². The summed E-state index contributed by atoms with van der Waals surface area (Å²) >= 11 is 0. The summed E-state index contributed by atoms with van der Waals surface area (Å²) in [6, 6.07) is 10.8. The number of benzene rings is 2. The number of nitro benzene ring substituents is 1. The highest BCUT2D eigenvalue weighted by molar-refractivity contribution is 5.86. The highest BCUT2D eigenvalue weighted by atomic mass is 16.6. The number of hydrogen-bond donors (Lipinski definition) is 2. The van der Waals surface area contributed by atoms with Crippen LogP contribution in [0.5, 0.6) is 0 Å². The van der Waals surface area contributed by atoms with Crippen LogP contribution in [0.4, 0.5) is 5.69 Å². The van der Waals surface area contributed by atoms with Gasteiger partial charge in [0.2, 0.25) is 11.2 Å². The highest BCUT2D eigenvalue weighted by Gasteiger charge is 2.71. The van der Waals surface area contributed by atoms with Crippen LogP contribution in [0.2, 0.25) is 0 Å². The molecule has 12 heteroatoms. The summed E-state index contributed by atoms with van der Waals surface area (Å²) in [6.07, 6.45) is -1.15. The number of nitrogens with zero attached hydrogens (tertiary/aromatic N) is 2. The zero-order chi connectivity index (χ0) is 25.1. The monoisotopic (exact) mass is 474 g/mol. The molecule has 1 unspecified atom stereocenters. The van der Waals surface area contributed by atoms with Gasteiger partial charge in [0, 0.05) is 29.9 Å². The average Bonchev–Trinajstić information content (AvgIpc) is 2.81. The second-order valence-corrected chi connectivity index (χ2v) is 8.04. The molecule has 2 aromatic rings. The quantitative estimate of drug-likeness (QED) is 0.339. The molecule has 2 aromatic carbocycles. The van der Waals surface area contributed by atoms with E-state index < -0.39 is 57.8 Å². The van der Waals surface area contributed by atoms with Crippen molar-refractivity contribution in [2.45, 2.75) is 42.6 Å². The van der Waals surface area contributed by atoms with Crippen LogP contribution in [-0.4, -0.2) is 56.4 Å². The summed E-state index contributed by atoms with van der Waals surface area (Å²) in [5.74, 6) is -3.78. The normalized spacial score (nSPS) is 26.3. The van der Waals surface area contributed by atoms with E-state index in [2.05, 4.69) is 4.74 Å². The summed E-state index contributed by atoms with van der Waals surface area (Å²) in [5.41, 5.74) is -5.18. The first-order chi connectivity index (χ1) is 16.0. The number of methoxy groups -OCH3 is 1. The number of carbonyl (C=O) groups excluding carboxylic acids is 2. The van der Waals surface area contributed by atoms with E-state index in [9.17, 15) is 40.0 Å². The number of esters is 2. The molecule has 2 N–H and O–H groups in total. The van der Waals surface area contributed by atoms with Gasteiger partial charge in [-0.15, -0.1) is 0 Å². The molecule has 34 heavy (non-hydrogen) atoms. The van der Waals surface area contributed by atoms with Crippen molar-refractivity contribution in [2.24, 2.45) is 0 Å². The zero-order valence-corrected chi connectivity index (χ0v) is 18.0. The van der Waals surface area contributed by atoms with Crippen molar-refractivity contribution in [1.82, 2.24) is 0 Å². The minimum Gasteiger partial charge on any atom is -0.467 e. The third kappa shape index (κ3) is 4.58. The number of hydrogen-bond acceptors (Lipinski definition) is 10. The molecule has 3 rings (SSSR count). The van der Waals surface area contributed by atoms with Crippen molar-refractivity contribution in [3.05, 3.63) is 86.0 Å². The van der Waals surface area contributed by atoms with Gasteiger partial charge in [0.05, 0.1) is 12.0 Å². The summed E-state index contributed by atoms with van der Waals surface area (Å²) in [7, 11) is 0.902. The molecule has 1 fully saturated rings. The van der Waals surface area contributed by atoms with Crippen LogP contribution >= 0.6 is 0 Å². The van der Waals surface area contributed by atoms with Crippen LogP contribution in [0, 0.1) is 20.2 Å². The number of nitro groups is 2. The Morgan fingerprint density at radius 1 is 0.971 bits per heavy atom. The fourth-order valence-corrected chi connectivity index (χ4v) is 4.31. The predicted molar refractivity (Wildman–Crippen MR) is 114 cm³/mol. The van der Waals surface area contributed by atoms with Crippen molar-refractivity contribution < 1.29 is 39.1 Å². The number of aliphatic hydroxyl groups is 2. The Bertz CT molecular complexity index is 1090. The second-order valence-electron chi connectivity index (χ2n) is 8.04. The maximum Gasteiger partial charge on any atom is 0.345 e. The molecule has 12 nitrogen and oxygen atoms in total. The molecule has 0 radical (unpaired) electrons. The van der Waals surface area contributed by atoms with Crippen LogP contribution in [-0.2, 0) is 25.7 Å². The zero-order valence-electron chi connectivity index (χ0n) is 18.0. The van der Waals surface area contributed by atoms with Gasteiger partial charge in [-0.25, -0.2) is 9.59 Å². The molecular formula is C22H22N2O10. The first-order valence-corrected chi connectivity index (χ1v) is 10.1. The van der Waals surface area contributed by atoms with E-state index in [4.69, 9.17) is 4.74 Å². The Kier molecular flexibility index (Phi) is 6.93. The predicted octanol–water partition coefficient (Wildman–Crippen LogP) is 1.50. The molecule has 0 spiro atoms. The summed E-state index contributed by atoms with van der Waals surface area (Å²) in [5, 5.41) is 45.3. The maximum atomic E-state index is 13.0. The number of carbonyl (C=O) groups is 2. The second kappa shape index (κ2) is 9.53. The third-order valence-electron chi connectivity index (χ3n) is 5.91. The van der Waals surface area contributed by atoms with Gasteiger partial charge in [0.1, 0.15) is 6.61 Å². The largest absolute Gasteiger partial charge is 0.467 e. The average molecular weight is 474 g/mol. The Morgan fingerprint density at radius 3 is 2.03 bits per heavy atom. The van der Waals surface area contributed by atoms with Gasteiger partial charge in [-0.2, -0.15) is 0 Å². The van der Waals surface area contributed by atoms with E-state index in [0.29, 0.717) is 11.1 Å². The van der Waals surface area contributed by atoms with E-state index in [-0.39, 0.29) is 12.3 Å². The molecule has 4 atom stereocenters. The standard InChI is InChI=1S/C22H22N2O10/c1-33-19(25)21(27)11-16(15-7-9-17(10-8-15)23(29)30)12-22(28,18(21)24(31)32)20(26)34-13-14-5-3-2-4-6-14/h2-10,16,18,27-28H,11-13H2,1H3/t16?,18-,21-,22+/m1/s1. The molecule has 1 saturated carbocycles. The SMILES string of the molecule is COC(=O)[C@@]1(O)CC(c2ccc([N+](=O)[O-])cc2)C[C@@](O)(C(=O)OCc2ccccc2)[C@@H]1[N+](=O)[O-]. The molecule has 1 aliphatic rings. The number of non-ortho nitro benzene ring substituents is 1. The molecule has 0 aliphatic heterocycles. The van der Waals surface area contributed by atoms with Gasteiger partial charge in [0.25, 0.3) is 11.7 Å². The topological polar surface area (TPSA) is 179 Å². The van der Waals surface area contributed by atoms with Crippen molar-refractivity contribution in [2.75, 3.05) is 7.11 Å². The van der Waals surface area contributed by atoms with Crippen LogP contribution in [0.15, 0.2) is 54.6 Å². The van der Waals surface area contributed by atoms with E-state index in [1.165, 1.54) is 24.3 Å². The maximum absolute atomic E-state index is 13.0. The smallest absolute Gasteiger partial charge is 0.345 e. The summed E-state index contributed by atoms with van der Waals surface area (Å²) in [4.78, 5) is 46.6.